The van der Waals surface area contributed by atoms with E-state index in [-0.39, 0.29) is 18.6 Å². The molecule has 138 valence electrons. The molecule has 0 unspecified atom stereocenters. The number of amides is 1. The van der Waals surface area contributed by atoms with Crippen molar-refractivity contribution in [2.24, 2.45) is 17.8 Å². The average Bonchev–Trinajstić information content (AvgIpc) is 3.23. The van der Waals surface area contributed by atoms with Crippen LogP contribution in [0.25, 0.3) is 10.9 Å². The van der Waals surface area contributed by atoms with Crippen molar-refractivity contribution >= 4 is 40.0 Å². The summed E-state index contributed by atoms with van der Waals surface area (Å²) in [5.41, 5.74) is 0.553. The van der Waals surface area contributed by atoms with Gasteiger partial charge in [-0.25, -0.2) is 9.97 Å². The summed E-state index contributed by atoms with van der Waals surface area (Å²) >= 11 is 12.2. The van der Waals surface area contributed by atoms with Crippen LogP contribution in [-0.2, 0) is 4.79 Å². The third-order valence-electron chi connectivity index (χ3n) is 5.78. The molecule has 4 atom stereocenters. The highest BCUT2D eigenvalue weighted by atomic mass is 35.5. The summed E-state index contributed by atoms with van der Waals surface area (Å²) in [5.74, 6) is 2.39. The number of hydrogen-bond donors (Lipinski definition) is 1. The fourth-order valence-corrected chi connectivity index (χ4v) is 5.17. The molecule has 2 aliphatic rings. The lowest BCUT2D eigenvalue weighted by Gasteiger charge is -2.28. The van der Waals surface area contributed by atoms with Gasteiger partial charge < -0.3 is 10.1 Å². The molecule has 2 aromatic rings. The highest BCUT2D eigenvalue weighted by Crippen LogP contribution is 2.49. The Hall–Kier alpha value is -1.59. The van der Waals surface area contributed by atoms with Gasteiger partial charge in [-0.15, -0.1) is 0 Å². The number of nitrogens with one attached hydrogen (secondary N) is 1. The van der Waals surface area contributed by atoms with Crippen LogP contribution in [0.4, 0.5) is 0 Å². The minimum Gasteiger partial charge on any atom is -0.467 e. The number of aromatic nitrogens is 2. The Morgan fingerprint density at radius 1 is 1.31 bits per heavy atom. The molecule has 1 aromatic carbocycles. The number of halogens is 2. The zero-order valence-electron chi connectivity index (χ0n) is 14.5. The maximum atomic E-state index is 12.3. The maximum Gasteiger partial charge on any atom is 0.258 e. The normalized spacial score (nSPS) is 25.4. The van der Waals surface area contributed by atoms with Gasteiger partial charge in [-0.1, -0.05) is 29.6 Å². The van der Waals surface area contributed by atoms with E-state index in [1.54, 1.807) is 12.1 Å². The Bertz CT molecular complexity index is 845. The van der Waals surface area contributed by atoms with Crippen LogP contribution in [0.1, 0.15) is 32.6 Å². The smallest absolute Gasteiger partial charge is 0.258 e. The van der Waals surface area contributed by atoms with Gasteiger partial charge in [0.05, 0.1) is 15.9 Å². The van der Waals surface area contributed by atoms with Crippen LogP contribution >= 0.6 is 23.2 Å². The largest absolute Gasteiger partial charge is 0.467 e. The number of rotatable bonds is 5. The Morgan fingerprint density at radius 3 is 2.88 bits per heavy atom. The zero-order valence-corrected chi connectivity index (χ0v) is 16.1. The standard InChI is InChI=1S/C19H21Cl2N3O2/c1-10(14-5-11-2-3-12(14)4-11)24-17(25)8-26-19-15-6-13(20)7-16(21)18(15)22-9-23-19/h6-7,9-12,14H,2-5,8H2,1H3,(H,24,25)/t10-,11-,12-,14-/m0/s1. The molecule has 0 aliphatic heterocycles. The molecule has 1 amide bonds. The first-order valence-corrected chi connectivity index (χ1v) is 9.78. The van der Waals surface area contributed by atoms with Crippen molar-refractivity contribution in [1.82, 2.24) is 15.3 Å². The summed E-state index contributed by atoms with van der Waals surface area (Å²) in [5, 5.41) is 4.58. The lowest BCUT2D eigenvalue weighted by Crippen LogP contribution is -2.42. The predicted molar refractivity (Wildman–Crippen MR) is 102 cm³/mol. The minimum atomic E-state index is -0.139. The summed E-state index contributed by atoms with van der Waals surface area (Å²) < 4.78 is 5.64. The molecule has 2 bridgehead atoms. The van der Waals surface area contributed by atoms with E-state index in [0.29, 0.717) is 32.7 Å². The van der Waals surface area contributed by atoms with Gasteiger partial charge in [0.2, 0.25) is 5.88 Å². The molecule has 0 radical (unpaired) electrons. The van der Waals surface area contributed by atoms with Gasteiger partial charge in [-0.3, -0.25) is 4.79 Å². The van der Waals surface area contributed by atoms with E-state index in [1.165, 1.54) is 32.0 Å². The quantitative estimate of drug-likeness (QED) is 0.823. The van der Waals surface area contributed by atoms with Gasteiger partial charge in [-0.05, 0) is 56.1 Å². The number of nitrogens with zero attached hydrogens (tertiary/aromatic N) is 2. The van der Waals surface area contributed by atoms with E-state index in [2.05, 4.69) is 22.2 Å². The summed E-state index contributed by atoms with van der Waals surface area (Å²) in [6.07, 6.45) is 6.60. The fourth-order valence-electron chi connectivity index (χ4n) is 4.63. The Morgan fingerprint density at radius 2 is 2.15 bits per heavy atom. The number of carbonyl (C=O) groups is 1. The molecule has 1 aromatic heterocycles. The lowest BCUT2D eigenvalue weighted by molar-refractivity contribution is -0.124. The molecule has 4 rings (SSSR count). The van der Waals surface area contributed by atoms with Crippen LogP contribution in [0.15, 0.2) is 18.5 Å². The lowest BCUT2D eigenvalue weighted by atomic mass is 9.84. The van der Waals surface area contributed by atoms with Crippen LogP contribution in [-0.4, -0.2) is 28.5 Å². The van der Waals surface area contributed by atoms with E-state index < -0.39 is 0 Å². The predicted octanol–water partition coefficient (Wildman–Crippen LogP) is 4.26. The van der Waals surface area contributed by atoms with Crippen molar-refractivity contribution in [1.29, 1.82) is 0 Å². The van der Waals surface area contributed by atoms with Crippen LogP contribution in [0.2, 0.25) is 10.0 Å². The van der Waals surface area contributed by atoms with Gasteiger partial charge in [0, 0.05) is 11.1 Å². The number of benzene rings is 1. The van der Waals surface area contributed by atoms with Crippen molar-refractivity contribution in [3.63, 3.8) is 0 Å². The van der Waals surface area contributed by atoms with Crippen molar-refractivity contribution in [3.05, 3.63) is 28.5 Å². The number of ether oxygens (including phenoxy) is 1. The fraction of sp³-hybridized carbons (Fsp3) is 0.526. The van der Waals surface area contributed by atoms with E-state index in [0.717, 1.165) is 11.8 Å². The van der Waals surface area contributed by atoms with Crippen LogP contribution in [0, 0.1) is 17.8 Å². The summed E-state index contributed by atoms with van der Waals surface area (Å²) in [6, 6.07) is 3.48. The van der Waals surface area contributed by atoms with E-state index in [4.69, 9.17) is 27.9 Å². The number of hydrogen-bond acceptors (Lipinski definition) is 4. The molecule has 7 heteroatoms. The van der Waals surface area contributed by atoms with Gasteiger partial charge in [0.25, 0.3) is 5.91 Å². The molecule has 2 saturated carbocycles. The molecule has 5 nitrogen and oxygen atoms in total. The first kappa shape index (κ1) is 17.8. The van der Waals surface area contributed by atoms with Gasteiger partial charge in [0.15, 0.2) is 6.61 Å². The summed E-state index contributed by atoms with van der Waals surface area (Å²) in [6.45, 7) is 2.00. The first-order chi connectivity index (χ1) is 12.5. The van der Waals surface area contributed by atoms with Gasteiger partial charge >= 0.3 is 0 Å². The molecule has 1 heterocycles. The molecule has 2 fully saturated rings. The monoisotopic (exact) mass is 393 g/mol. The highest BCUT2D eigenvalue weighted by molar-refractivity contribution is 6.38. The molecule has 0 spiro atoms. The molecule has 1 N–H and O–H groups in total. The van der Waals surface area contributed by atoms with Gasteiger partial charge in [0.1, 0.15) is 6.33 Å². The van der Waals surface area contributed by atoms with Gasteiger partial charge in [-0.2, -0.15) is 0 Å². The summed E-state index contributed by atoms with van der Waals surface area (Å²) in [7, 11) is 0. The van der Waals surface area contributed by atoms with Crippen molar-refractivity contribution < 1.29 is 9.53 Å². The van der Waals surface area contributed by atoms with Crippen LogP contribution in [0.3, 0.4) is 0 Å². The van der Waals surface area contributed by atoms with E-state index in [9.17, 15) is 4.79 Å². The minimum absolute atomic E-state index is 0.0958. The second-order valence-electron chi connectivity index (χ2n) is 7.45. The van der Waals surface area contributed by atoms with E-state index >= 15 is 0 Å². The second kappa shape index (κ2) is 7.20. The third-order valence-corrected chi connectivity index (χ3v) is 6.29. The zero-order chi connectivity index (χ0) is 18.3. The Labute approximate surface area is 162 Å². The second-order valence-corrected chi connectivity index (χ2v) is 8.29. The number of fused-ring (bicyclic) bond motifs is 3. The Balaban J connectivity index is 1.39. The molecule has 26 heavy (non-hydrogen) atoms. The maximum absolute atomic E-state index is 12.3. The van der Waals surface area contributed by atoms with Crippen LogP contribution < -0.4 is 10.1 Å². The average molecular weight is 394 g/mol. The number of carbonyl (C=O) groups excluding carboxylic acids is 1. The van der Waals surface area contributed by atoms with Crippen molar-refractivity contribution in [2.75, 3.05) is 6.61 Å². The highest BCUT2D eigenvalue weighted by Gasteiger charge is 2.42. The molecular weight excluding hydrogens is 373 g/mol. The molecular formula is C19H21Cl2N3O2. The Kier molecular flexibility index (Phi) is 4.93. The summed E-state index contributed by atoms with van der Waals surface area (Å²) in [4.78, 5) is 20.6. The van der Waals surface area contributed by atoms with Crippen molar-refractivity contribution in [3.8, 4) is 5.88 Å². The van der Waals surface area contributed by atoms with Crippen molar-refractivity contribution in [2.45, 2.75) is 38.6 Å². The first-order valence-electron chi connectivity index (χ1n) is 9.03. The van der Waals surface area contributed by atoms with Crippen LogP contribution in [0.5, 0.6) is 5.88 Å². The van der Waals surface area contributed by atoms with E-state index in [1.807, 2.05) is 0 Å². The topological polar surface area (TPSA) is 64.1 Å². The molecule has 0 saturated heterocycles. The molecule has 2 aliphatic carbocycles. The third kappa shape index (κ3) is 3.47. The SMILES string of the molecule is C[C@H](NC(=O)COc1ncnc2c(Cl)cc(Cl)cc12)[C@@H]1C[C@H]2CC[C@H]1C2.